The Labute approximate surface area is 152 Å². The van der Waals surface area contributed by atoms with Crippen molar-refractivity contribution < 1.29 is 14.0 Å². The summed E-state index contributed by atoms with van der Waals surface area (Å²) in [6.07, 6.45) is 0.266. The first-order valence-electron chi connectivity index (χ1n) is 8.73. The molecule has 2 aromatic rings. The highest BCUT2D eigenvalue weighted by Gasteiger charge is 2.20. The third-order valence-corrected chi connectivity index (χ3v) is 4.51. The molecule has 0 bridgehead atoms. The topological polar surface area (TPSA) is 61.4 Å². The maximum atomic E-state index is 13.2. The number of hydrogen-bond acceptors (Lipinski definition) is 2. The predicted octanol–water partition coefficient (Wildman–Crippen LogP) is 2.49. The van der Waals surface area contributed by atoms with E-state index in [1.54, 1.807) is 17.0 Å². The molecule has 0 spiro atoms. The summed E-state index contributed by atoms with van der Waals surface area (Å²) in [4.78, 5) is 25.6. The van der Waals surface area contributed by atoms with E-state index in [0.717, 1.165) is 11.1 Å². The van der Waals surface area contributed by atoms with Gasteiger partial charge in [0.05, 0.1) is 0 Å². The lowest BCUT2D eigenvalue weighted by Crippen LogP contribution is -2.37. The summed E-state index contributed by atoms with van der Waals surface area (Å²) in [6, 6.07) is 15.9. The number of carbonyl (C=O) groups is 2. The minimum absolute atomic E-state index is 0.0901. The Morgan fingerprint density at radius 2 is 1.81 bits per heavy atom. The molecule has 136 valence electrons. The van der Waals surface area contributed by atoms with Gasteiger partial charge in [0.15, 0.2) is 0 Å². The van der Waals surface area contributed by atoms with Crippen molar-refractivity contribution in [2.45, 2.75) is 12.3 Å². The van der Waals surface area contributed by atoms with Crippen molar-refractivity contribution in [1.29, 1.82) is 0 Å². The highest BCUT2D eigenvalue weighted by Crippen LogP contribution is 2.28. The SMILES string of the molecule is O=C(CC(c1ccccc1)c1ccc(F)cc1)NCCN1CCNC1=O. The molecule has 1 fully saturated rings. The Balaban J connectivity index is 1.62. The Hall–Kier alpha value is -2.89. The van der Waals surface area contributed by atoms with E-state index >= 15 is 0 Å². The third kappa shape index (κ3) is 4.59. The van der Waals surface area contributed by atoms with Gasteiger partial charge in [0.1, 0.15) is 5.82 Å². The van der Waals surface area contributed by atoms with E-state index in [9.17, 15) is 14.0 Å². The predicted molar refractivity (Wildman–Crippen MR) is 97.3 cm³/mol. The molecule has 26 heavy (non-hydrogen) atoms. The molecule has 1 saturated heterocycles. The van der Waals surface area contributed by atoms with Crippen LogP contribution in [0.3, 0.4) is 0 Å². The van der Waals surface area contributed by atoms with Gasteiger partial charge in [-0.1, -0.05) is 42.5 Å². The molecule has 2 N–H and O–H groups in total. The molecule has 3 amide bonds. The first-order chi connectivity index (χ1) is 12.6. The van der Waals surface area contributed by atoms with Crippen molar-refractivity contribution in [3.8, 4) is 0 Å². The first kappa shape index (κ1) is 17.9. The fraction of sp³-hybridized carbons (Fsp3) is 0.300. The molecular weight excluding hydrogens is 333 g/mol. The Morgan fingerprint density at radius 3 is 2.46 bits per heavy atom. The second-order valence-electron chi connectivity index (χ2n) is 6.29. The van der Waals surface area contributed by atoms with Crippen molar-refractivity contribution >= 4 is 11.9 Å². The van der Waals surface area contributed by atoms with Crippen molar-refractivity contribution in [2.24, 2.45) is 0 Å². The van der Waals surface area contributed by atoms with Gasteiger partial charge in [-0.05, 0) is 23.3 Å². The molecule has 1 aliphatic rings. The highest BCUT2D eigenvalue weighted by atomic mass is 19.1. The van der Waals surface area contributed by atoms with Gasteiger partial charge in [-0.2, -0.15) is 0 Å². The van der Waals surface area contributed by atoms with E-state index in [0.29, 0.717) is 26.2 Å². The van der Waals surface area contributed by atoms with Gasteiger partial charge in [-0.15, -0.1) is 0 Å². The second kappa shape index (κ2) is 8.47. The average Bonchev–Trinajstić information content (AvgIpc) is 3.06. The molecule has 6 heteroatoms. The summed E-state index contributed by atoms with van der Waals surface area (Å²) < 4.78 is 13.2. The lowest BCUT2D eigenvalue weighted by atomic mass is 9.88. The van der Waals surface area contributed by atoms with Crippen LogP contribution in [0.25, 0.3) is 0 Å². The van der Waals surface area contributed by atoms with Crippen LogP contribution >= 0.6 is 0 Å². The quantitative estimate of drug-likeness (QED) is 0.802. The lowest BCUT2D eigenvalue weighted by molar-refractivity contribution is -0.121. The van der Waals surface area contributed by atoms with Crippen LogP contribution in [0.2, 0.25) is 0 Å². The smallest absolute Gasteiger partial charge is 0.317 e. The zero-order chi connectivity index (χ0) is 18.4. The number of halogens is 1. The largest absolute Gasteiger partial charge is 0.354 e. The molecule has 0 aliphatic carbocycles. The summed E-state index contributed by atoms with van der Waals surface area (Å²) in [5, 5.41) is 5.61. The van der Waals surface area contributed by atoms with Gasteiger partial charge < -0.3 is 15.5 Å². The molecule has 5 nitrogen and oxygen atoms in total. The van der Waals surface area contributed by atoms with Gasteiger partial charge in [-0.25, -0.2) is 9.18 Å². The number of rotatable bonds is 7. The summed E-state index contributed by atoms with van der Waals surface area (Å²) in [7, 11) is 0. The normalized spacial score (nSPS) is 14.8. The van der Waals surface area contributed by atoms with Gasteiger partial charge >= 0.3 is 6.03 Å². The van der Waals surface area contributed by atoms with Gasteiger partial charge in [0.25, 0.3) is 0 Å². The molecule has 0 aromatic heterocycles. The summed E-state index contributed by atoms with van der Waals surface area (Å²) in [6.45, 7) is 2.21. The molecular formula is C20H22FN3O2. The zero-order valence-corrected chi connectivity index (χ0v) is 14.5. The third-order valence-electron chi connectivity index (χ3n) is 4.51. The maximum Gasteiger partial charge on any atom is 0.317 e. The number of hydrogen-bond donors (Lipinski definition) is 2. The standard InChI is InChI=1S/C20H22FN3O2/c21-17-8-6-16(7-9-17)18(15-4-2-1-3-5-15)14-19(25)22-10-12-24-13-11-23-20(24)26/h1-9,18H,10-14H2,(H,22,25)(H,23,26). The van der Waals surface area contributed by atoms with Crippen LogP contribution in [0.4, 0.5) is 9.18 Å². The van der Waals surface area contributed by atoms with E-state index in [1.807, 2.05) is 30.3 Å². The minimum atomic E-state index is -0.297. The summed E-state index contributed by atoms with van der Waals surface area (Å²) in [5.41, 5.74) is 1.90. The van der Waals surface area contributed by atoms with Gasteiger partial charge in [-0.3, -0.25) is 4.79 Å². The average molecular weight is 355 g/mol. The lowest BCUT2D eigenvalue weighted by Gasteiger charge is -2.19. The molecule has 1 atom stereocenters. The van der Waals surface area contributed by atoms with Crippen molar-refractivity contribution in [1.82, 2.24) is 15.5 Å². The number of urea groups is 1. The van der Waals surface area contributed by atoms with Crippen molar-refractivity contribution in [2.75, 3.05) is 26.2 Å². The van der Waals surface area contributed by atoms with Gasteiger partial charge in [0, 0.05) is 38.5 Å². The maximum absolute atomic E-state index is 13.2. The number of nitrogens with one attached hydrogen (secondary N) is 2. The number of amides is 3. The van der Waals surface area contributed by atoms with E-state index < -0.39 is 0 Å². The second-order valence-corrected chi connectivity index (χ2v) is 6.29. The number of carbonyl (C=O) groups excluding carboxylic acids is 2. The Bertz CT molecular complexity index is 749. The van der Waals surface area contributed by atoms with Crippen molar-refractivity contribution in [3.05, 3.63) is 71.5 Å². The molecule has 1 heterocycles. The summed E-state index contributed by atoms with van der Waals surface area (Å²) in [5.74, 6) is -0.538. The molecule has 2 aromatic carbocycles. The van der Waals surface area contributed by atoms with Crippen LogP contribution in [-0.2, 0) is 4.79 Å². The van der Waals surface area contributed by atoms with Crippen LogP contribution < -0.4 is 10.6 Å². The highest BCUT2D eigenvalue weighted by molar-refractivity contribution is 5.78. The number of nitrogens with zero attached hydrogens (tertiary/aromatic N) is 1. The van der Waals surface area contributed by atoms with Crippen LogP contribution in [-0.4, -0.2) is 43.0 Å². The van der Waals surface area contributed by atoms with E-state index in [-0.39, 0.29) is 30.1 Å². The molecule has 1 aliphatic heterocycles. The zero-order valence-electron chi connectivity index (χ0n) is 14.5. The fourth-order valence-electron chi connectivity index (χ4n) is 3.12. The molecule has 0 radical (unpaired) electrons. The van der Waals surface area contributed by atoms with Gasteiger partial charge in [0.2, 0.25) is 5.91 Å². The number of benzene rings is 2. The van der Waals surface area contributed by atoms with E-state index in [4.69, 9.17) is 0 Å². The minimum Gasteiger partial charge on any atom is -0.354 e. The Morgan fingerprint density at radius 1 is 1.12 bits per heavy atom. The molecule has 3 rings (SSSR count). The van der Waals surface area contributed by atoms with Crippen molar-refractivity contribution in [3.63, 3.8) is 0 Å². The molecule has 0 saturated carbocycles. The monoisotopic (exact) mass is 355 g/mol. The van der Waals surface area contributed by atoms with E-state index in [2.05, 4.69) is 10.6 Å². The fourth-order valence-corrected chi connectivity index (χ4v) is 3.12. The van der Waals surface area contributed by atoms with Crippen LogP contribution in [0.5, 0.6) is 0 Å². The Kier molecular flexibility index (Phi) is 5.84. The summed E-state index contributed by atoms with van der Waals surface area (Å²) >= 11 is 0. The van der Waals surface area contributed by atoms with Crippen LogP contribution in [0, 0.1) is 5.82 Å². The first-order valence-corrected chi connectivity index (χ1v) is 8.73. The van der Waals surface area contributed by atoms with Crippen LogP contribution in [0.1, 0.15) is 23.5 Å². The van der Waals surface area contributed by atoms with E-state index in [1.165, 1.54) is 12.1 Å². The van der Waals surface area contributed by atoms with Crippen LogP contribution in [0.15, 0.2) is 54.6 Å². The molecule has 1 unspecified atom stereocenters.